The van der Waals surface area contributed by atoms with Gasteiger partial charge in [0.05, 0.1) is 5.56 Å². The van der Waals surface area contributed by atoms with E-state index >= 15 is 0 Å². The molecule has 1 atom stereocenters. The van der Waals surface area contributed by atoms with E-state index in [0.717, 1.165) is 10.0 Å². The maximum Gasteiger partial charge on any atom is 0.255 e. The van der Waals surface area contributed by atoms with Crippen molar-refractivity contribution in [3.63, 3.8) is 0 Å². The zero-order valence-electron chi connectivity index (χ0n) is 13.8. The number of ether oxygens (including phenoxy) is 1. The molecule has 0 bridgehead atoms. The second-order valence-corrected chi connectivity index (χ2v) is 6.94. The van der Waals surface area contributed by atoms with Gasteiger partial charge in [-0.25, -0.2) is 0 Å². The van der Waals surface area contributed by atoms with Crippen LogP contribution in [0.15, 0.2) is 53.0 Å². The van der Waals surface area contributed by atoms with Gasteiger partial charge >= 0.3 is 0 Å². The van der Waals surface area contributed by atoms with Crippen molar-refractivity contribution in [3.8, 4) is 5.75 Å². The molecule has 1 aliphatic carbocycles. The highest BCUT2D eigenvalue weighted by molar-refractivity contribution is 9.10. The van der Waals surface area contributed by atoms with E-state index in [2.05, 4.69) is 21.2 Å². The number of amides is 1. The molecular weight excluding hydrogens is 404 g/mol. The van der Waals surface area contributed by atoms with Crippen molar-refractivity contribution >= 4 is 34.2 Å². The van der Waals surface area contributed by atoms with Gasteiger partial charge in [0.25, 0.3) is 5.91 Å². The Morgan fingerprint density at radius 3 is 2.60 bits per heavy atom. The third kappa shape index (κ3) is 5.46. The molecule has 0 saturated heterocycles. The van der Waals surface area contributed by atoms with E-state index in [4.69, 9.17) is 10.5 Å². The number of hydrogen-bond acceptors (Lipinski definition) is 3. The van der Waals surface area contributed by atoms with Crippen molar-refractivity contribution in [3.05, 3.63) is 64.1 Å². The topological polar surface area (TPSA) is 64.3 Å². The monoisotopic (exact) mass is 424 g/mol. The minimum Gasteiger partial charge on any atom is -0.488 e. The SMILES string of the molecule is Cl.NC(CNC(=O)c1ccccc1OCc1ccccc1Br)C1CC1. The standard InChI is InChI=1S/C19H21BrN2O2.ClH/c20-16-7-3-1-5-14(16)12-24-18-8-4-2-6-15(18)19(23)22-11-17(21)13-9-10-13;/h1-8,13,17H,9-12,21H2,(H,22,23);1H. The first-order chi connectivity index (χ1) is 11.6. The Kier molecular flexibility index (Phi) is 7.29. The fraction of sp³-hybridized carbons (Fsp3) is 0.316. The van der Waals surface area contributed by atoms with Crippen LogP contribution in [0.2, 0.25) is 0 Å². The number of nitrogens with one attached hydrogen (secondary N) is 1. The van der Waals surface area contributed by atoms with Gasteiger partial charge in [-0.1, -0.05) is 46.3 Å². The summed E-state index contributed by atoms with van der Waals surface area (Å²) in [6.07, 6.45) is 2.34. The normalized spacial score (nSPS) is 14.3. The van der Waals surface area contributed by atoms with Gasteiger partial charge in [-0.15, -0.1) is 12.4 Å². The number of para-hydroxylation sites is 1. The summed E-state index contributed by atoms with van der Waals surface area (Å²) < 4.78 is 6.86. The molecule has 25 heavy (non-hydrogen) atoms. The summed E-state index contributed by atoms with van der Waals surface area (Å²) in [5.74, 6) is 0.992. The van der Waals surface area contributed by atoms with Crippen LogP contribution in [0.3, 0.4) is 0 Å². The van der Waals surface area contributed by atoms with Gasteiger partial charge in [-0.3, -0.25) is 4.79 Å². The van der Waals surface area contributed by atoms with E-state index < -0.39 is 0 Å². The summed E-state index contributed by atoms with van der Waals surface area (Å²) >= 11 is 3.50. The smallest absolute Gasteiger partial charge is 0.255 e. The predicted octanol–water partition coefficient (Wildman–Crippen LogP) is 3.92. The fourth-order valence-corrected chi connectivity index (χ4v) is 2.95. The molecule has 134 valence electrons. The van der Waals surface area contributed by atoms with E-state index in [0.29, 0.717) is 30.4 Å². The minimum atomic E-state index is -0.145. The first-order valence-electron chi connectivity index (χ1n) is 8.14. The molecule has 0 spiro atoms. The molecular formula is C19H22BrClN2O2. The molecule has 1 aliphatic rings. The van der Waals surface area contributed by atoms with Crippen molar-refractivity contribution < 1.29 is 9.53 Å². The van der Waals surface area contributed by atoms with Gasteiger partial charge in [0.1, 0.15) is 12.4 Å². The highest BCUT2D eigenvalue weighted by atomic mass is 79.9. The second-order valence-electron chi connectivity index (χ2n) is 6.09. The minimum absolute atomic E-state index is 0. The first kappa shape index (κ1) is 19.8. The van der Waals surface area contributed by atoms with Crippen LogP contribution in [-0.2, 0) is 6.61 Å². The molecule has 1 amide bonds. The maximum atomic E-state index is 12.4. The number of benzene rings is 2. The predicted molar refractivity (Wildman–Crippen MR) is 105 cm³/mol. The first-order valence-corrected chi connectivity index (χ1v) is 8.93. The number of rotatable bonds is 7. The molecule has 1 saturated carbocycles. The second kappa shape index (κ2) is 9.22. The van der Waals surface area contributed by atoms with Gasteiger partial charge in [0.15, 0.2) is 0 Å². The average molecular weight is 426 g/mol. The third-order valence-electron chi connectivity index (χ3n) is 4.20. The summed E-state index contributed by atoms with van der Waals surface area (Å²) in [5.41, 5.74) is 7.61. The Balaban J connectivity index is 0.00000225. The fourth-order valence-electron chi connectivity index (χ4n) is 2.55. The van der Waals surface area contributed by atoms with E-state index in [1.807, 2.05) is 42.5 Å². The number of nitrogens with two attached hydrogens (primary N) is 1. The van der Waals surface area contributed by atoms with Crippen molar-refractivity contribution in [1.29, 1.82) is 0 Å². The lowest BCUT2D eigenvalue weighted by molar-refractivity contribution is 0.0945. The van der Waals surface area contributed by atoms with Crippen molar-refractivity contribution in [2.75, 3.05) is 6.54 Å². The number of hydrogen-bond donors (Lipinski definition) is 2. The number of carbonyl (C=O) groups is 1. The quantitative estimate of drug-likeness (QED) is 0.707. The Morgan fingerprint density at radius 1 is 1.20 bits per heavy atom. The van der Waals surface area contributed by atoms with Crippen LogP contribution >= 0.6 is 28.3 Å². The molecule has 0 radical (unpaired) electrons. The Morgan fingerprint density at radius 2 is 1.88 bits per heavy atom. The van der Waals surface area contributed by atoms with Crippen LogP contribution in [0.4, 0.5) is 0 Å². The summed E-state index contributed by atoms with van der Waals surface area (Å²) in [6.45, 7) is 0.898. The maximum absolute atomic E-state index is 12.4. The molecule has 2 aromatic carbocycles. The van der Waals surface area contributed by atoms with Crippen LogP contribution in [0.1, 0.15) is 28.8 Å². The molecule has 4 nitrogen and oxygen atoms in total. The molecule has 0 heterocycles. The van der Waals surface area contributed by atoms with Gasteiger partial charge in [-0.2, -0.15) is 0 Å². The van der Waals surface area contributed by atoms with Crippen molar-refractivity contribution in [2.24, 2.45) is 11.7 Å². The number of halogens is 2. The zero-order valence-corrected chi connectivity index (χ0v) is 16.2. The van der Waals surface area contributed by atoms with Crippen LogP contribution in [-0.4, -0.2) is 18.5 Å². The Labute approximate surface area is 162 Å². The van der Waals surface area contributed by atoms with E-state index in [-0.39, 0.29) is 24.4 Å². The molecule has 1 fully saturated rings. The lowest BCUT2D eigenvalue weighted by Crippen LogP contribution is -2.38. The molecule has 3 rings (SSSR count). The molecule has 3 N–H and O–H groups in total. The van der Waals surface area contributed by atoms with E-state index in [1.54, 1.807) is 6.07 Å². The lowest BCUT2D eigenvalue weighted by Gasteiger charge is -2.14. The van der Waals surface area contributed by atoms with E-state index in [9.17, 15) is 4.79 Å². The van der Waals surface area contributed by atoms with Crippen LogP contribution in [0, 0.1) is 5.92 Å². The Bertz CT molecular complexity index is 722. The van der Waals surface area contributed by atoms with Gasteiger partial charge < -0.3 is 15.8 Å². The summed E-state index contributed by atoms with van der Waals surface area (Å²) in [7, 11) is 0. The van der Waals surface area contributed by atoms with Crippen LogP contribution < -0.4 is 15.8 Å². The average Bonchev–Trinajstić information content (AvgIpc) is 3.44. The highest BCUT2D eigenvalue weighted by Gasteiger charge is 2.28. The molecule has 6 heteroatoms. The summed E-state index contributed by atoms with van der Waals surface area (Å²) in [6, 6.07) is 15.2. The van der Waals surface area contributed by atoms with Crippen LogP contribution in [0.25, 0.3) is 0 Å². The van der Waals surface area contributed by atoms with Crippen LogP contribution in [0.5, 0.6) is 5.75 Å². The molecule has 0 aromatic heterocycles. The molecule has 0 aliphatic heterocycles. The van der Waals surface area contributed by atoms with Gasteiger partial charge in [0, 0.05) is 22.6 Å². The summed E-state index contributed by atoms with van der Waals surface area (Å²) in [5, 5.41) is 2.92. The highest BCUT2D eigenvalue weighted by Crippen LogP contribution is 2.31. The molecule has 1 unspecified atom stereocenters. The van der Waals surface area contributed by atoms with Crippen molar-refractivity contribution in [1.82, 2.24) is 5.32 Å². The van der Waals surface area contributed by atoms with Gasteiger partial charge in [0.2, 0.25) is 0 Å². The lowest BCUT2D eigenvalue weighted by atomic mass is 10.1. The number of carbonyl (C=O) groups excluding carboxylic acids is 1. The third-order valence-corrected chi connectivity index (χ3v) is 4.97. The summed E-state index contributed by atoms with van der Waals surface area (Å²) in [4.78, 5) is 12.4. The largest absolute Gasteiger partial charge is 0.488 e. The van der Waals surface area contributed by atoms with Crippen molar-refractivity contribution in [2.45, 2.75) is 25.5 Å². The van der Waals surface area contributed by atoms with Gasteiger partial charge in [-0.05, 0) is 37.0 Å². The van der Waals surface area contributed by atoms with E-state index in [1.165, 1.54) is 12.8 Å². The molecule has 2 aromatic rings. The zero-order chi connectivity index (χ0) is 16.9. The Hall–Kier alpha value is -1.56.